The maximum Gasteiger partial charge on any atom is 0.348 e. The molecule has 1 aliphatic heterocycles. The average Bonchev–Trinajstić information content (AvgIpc) is 3.54. The monoisotopic (exact) mass is 558 g/mol. The van der Waals surface area contributed by atoms with Crippen molar-refractivity contribution in [3.8, 4) is 22.9 Å². The fourth-order valence-corrected chi connectivity index (χ4v) is 4.78. The lowest BCUT2D eigenvalue weighted by Crippen LogP contribution is -2.21. The number of ether oxygens (including phenoxy) is 3. The van der Waals surface area contributed by atoms with Crippen molar-refractivity contribution in [1.82, 2.24) is 14.8 Å². The van der Waals surface area contributed by atoms with Gasteiger partial charge in [0, 0.05) is 11.3 Å². The van der Waals surface area contributed by atoms with Crippen LogP contribution < -0.4 is 31.0 Å². The summed E-state index contributed by atoms with van der Waals surface area (Å²) in [5, 5.41) is 25.7. The molecule has 5 rings (SSSR count). The smallest absolute Gasteiger partial charge is 0.348 e. The molecule has 0 amide bonds. The van der Waals surface area contributed by atoms with Gasteiger partial charge < -0.3 is 30.4 Å². The predicted octanol–water partition coefficient (Wildman–Crippen LogP) is 2.86. The molecule has 4 aromatic rings. The summed E-state index contributed by atoms with van der Waals surface area (Å²) in [5.41, 5.74) is 4.52. The molecule has 2 aromatic heterocycles. The molecule has 3 heterocycles. The van der Waals surface area contributed by atoms with Crippen molar-refractivity contribution >= 4 is 28.8 Å². The maximum atomic E-state index is 15.9. The molecule has 0 radical (unpaired) electrons. The van der Waals surface area contributed by atoms with Crippen molar-refractivity contribution in [2.45, 2.75) is 6.04 Å². The highest BCUT2D eigenvalue weighted by Crippen LogP contribution is 2.45. The Morgan fingerprint density at radius 2 is 2.03 bits per heavy atom. The third-order valence-corrected chi connectivity index (χ3v) is 6.71. The number of amidine groups is 1. The summed E-state index contributed by atoms with van der Waals surface area (Å²) in [7, 11) is 1.36. The molecule has 202 valence electrons. The van der Waals surface area contributed by atoms with Gasteiger partial charge in [-0.05, 0) is 35.7 Å². The standard InChI is InChI=1S/C24H20F2N6O6S/c1-36-15-9-12(16(26)19-18(15)37-5-6-38-19)17(29-10-2-3-11(21(27)28)13(25)8-10)22-30-24(35)32(31-22)14-4-7-39-20(14)23(33)34/h2-4,7-9,17,29H,5-6H2,1H3,(H3,27,28)(H,33,34)(H,30,31,35). The molecule has 0 fully saturated rings. The number of nitrogen functional groups attached to an aromatic ring is 1. The first-order valence-corrected chi connectivity index (χ1v) is 12.1. The first kappa shape index (κ1) is 25.7. The van der Waals surface area contributed by atoms with Gasteiger partial charge in [0.15, 0.2) is 17.4 Å². The molecule has 0 saturated heterocycles. The zero-order chi connectivity index (χ0) is 27.8. The first-order valence-electron chi connectivity index (χ1n) is 11.3. The van der Waals surface area contributed by atoms with Crippen molar-refractivity contribution < 1.29 is 32.9 Å². The van der Waals surface area contributed by atoms with Crippen LogP contribution in [0.4, 0.5) is 14.5 Å². The molecule has 6 N–H and O–H groups in total. The van der Waals surface area contributed by atoms with Crippen molar-refractivity contribution in [1.29, 1.82) is 5.41 Å². The molecule has 12 nitrogen and oxygen atoms in total. The van der Waals surface area contributed by atoms with Crippen LogP contribution in [0, 0.1) is 17.0 Å². The number of aromatic nitrogens is 3. The number of nitrogens with one attached hydrogen (secondary N) is 3. The van der Waals surface area contributed by atoms with E-state index in [1.807, 2.05) is 0 Å². The van der Waals surface area contributed by atoms with E-state index in [-0.39, 0.29) is 63.7 Å². The molecule has 1 unspecified atom stereocenters. The number of methoxy groups -OCH3 is 1. The predicted molar refractivity (Wildman–Crippen MR) is 136 cm³/mol. The number of anilines is 1. The lowest BCUT2D eigenvalue weighted by molar-refractivity contribution is 0.0702. The van der Waals surface area contributed by atoms with Gasteiger partial charge in [0.25, 0.3) is 0 Å². The second kappa shape index (κ2) is 10.1. The minimum Gasteiger partial charge on any atom is -0.493 e. The summed E-state index contributed by atoms with van der Waals surface area (Å²) in [6.45, 7) is 0.254. The van der Waals surface area contributed by atoms with Crippen LogP contribution in [-0.2, 0) is 0 Å². The van der Waals surface area contributed by atoms with Gasteiger partial charge in [-0.25, -0.2) is 18.4 Å². The Morgan fingerprint density at radius 3 is 2.69 bits per heavy atom. The number of H-pyrrole nitrogens is 1. The quantitative estimate of drug-likeness (QED) is 0.161. The summed E-state index contributed by atoms with van der Waals surface area (Å²) in [4.78, 5) is 26.9. The Bertz CT molecular complexity index is 1670. The Labute approximate surface area is 222 Å². The van der Waals surface area contributed by atoms with Gasteiger partial charge in [-0.3, -0.25) is 10.4 Å². The van der Waals surface area contributed by atoms with Crippen molar-refractivity contribution in [2.24, 2.45) is 5.73 Å². The third kappa shape index (κ3) is 4.63. The highest BCUT2D eigenvalue weighted by atomic mass is 32.1. The fourth-order valence-electron chi connectivity index (χ4n) is 4.07. The minimum atomic E-state index is -1.27. The van der Waals surface area contributed by atoms with Crippen molar-refractivity contribution in [2.75, 3.05) is 25.6 Å². The van der Waals surface area contributed by atoms with Crippen LogP contribution in [0.3, 0.4) is 0 Å². The number of rotatable bonds is 8. The Kier molecular flexibility index (Phi) is 6.66. The lowest BCUT2D eigenvalue weighted by atomic mass is 10.0. The Morgan fingerprint density at radius 1 is 1.28 bits per heavy atom. The first-order chi connectivity index (χ1) is 18.7. The molecule has 1 atom stereocenters. The number of carboxylic acid groups (broad SMARTS) is 1. The second-order valence-electron chi connectivity index (χ2n) is 8.19. The SMILES string of the molecule is COc1cc(C(Nc2ccc(C(=N)N)c(F)c2)c2nn(-c3ccsc3C(=O)O)c(=O)[nH]2)c(F)c2c1OCCO2. The zero-order valence-corrected chi connectivity index (χ0v) is 20.9. The summed E-state index contributed by atoms with van der Waals surface area (Å²) >= 11 is 0.901. The molecule has 0 saturated carbocycles. The number of carbonyl (C=O) groups is 1. The van der Waals surface area contributed by atoms with Gasteiger partial charge in [-0.2, -0.15) is 4.68 Å². The number of hydrogen-bond acceptors (Lipinski definition) is 9. The molecule has 0 spiro atoms. The lowest BCUT2D eigenvalue weighted by Gasteiger charge is -2.25. The van der Waals surface area contributed by atoms with E-state index in [9.17, 15) is 19.1 Å². The van der Waals surface area contributed by atoms with Crippen molar-refractivity contribution in [3.63, 3.8) is 0 Å². The fraction of sp³-hybridized carbons (Fsp3) is 0.167. The molecule has 15 heteroatoms. The number of nitrogens with two attached hydrogens (primary N) is 1. The van der Waals surface area contributed by atoms with Crippen LogP contribution in [0.2, 0.25) is 0 Å². The van der Waals surface area contributed by atoms with Gasteiger partial charge in [-0.15, -0.1) is 16.4 Å². The van der Waals surface area contributed by atoms with E-state index in [2.05, 4.69) is 15.4 Å². The highest BCUT2D eigenvalue weighted by molar-refractivity contribution is 7.12. The Balaban J connectivity index is 1.67. The third-order valence-electron chi connectivity index (χ3n) is 5.82. The van der Waals surface area contributed by atoms with Crippen LogP contribution in [0.1, 0.15) is 32.7 Å². The number of fused-ring (bicyclic) bond motifs is 1. The number of benzene rings is 2. The van der Waals surface area contributed by atoms with Gasteiger partial charge in [0.2, 0.25) is 11.5 Å². The van der Waals surface area contributed by atoms with E-state index in [1.54, 1.807) is 0 Å². The number of aromatic amines is 1. The summed E-state index contributed by atoms with van der Waals surface area (Å²) in [6, 6.07) is 5.20. The average molecular weight is 559 g/mol. The molecule has 2 aromatic carbocycles. The highest BCUT2D eigenvalue weighted by Gasteiger charge is 2.31. The molecule has 39 heavy (non-hydrogen) atoms. The molecular formula is C24H20F2N6O6S. The number of thiophene rings is 1. The van der Waals surface area contributed by atoms with E-state index in [1.165, 1.54) is 36.8 Å². The van der Waals surface area contributed by atoms with Crippen LogP contribution in [-0.4, -0.2) is 52.0 Å². The van der Waals surface area contributed by atoms with Gasteiger partial charge in [0.1, 0.15) is 35.8 Å². The molecule has 0 bridgehead atoms. The normalized spacial score (nSPS) is 13.1. The molecule has 1 aliphatic rings. The van der Waals surface area contributed by atoms with Crippen molar-refractivity contribution in [3.05, 3.63) is 79.7 Å². The zero-order valence-electron chi connectivity index (χ0n) is 20.1. The van der Waals surface area contributed by atoms with Crippen LogP contribution >= 0.6 is 11.3 Å². The van der Waals surface area contributed by atoms with Gasteiger partial charge >= 0.3 is 11.7 Å². The molecule has 0 aliphatic carbocycles. The van der Waals surface area contributed by atoms with Crippen LogP contribution in [0.15, 0.2) is 40.5 Å². The summed E-state index contributed by atoms with van der Waals surface area (Å²) in [5.74, 6) is -3.54. The second-order valence-corrected chi connectivity index (χ2v) is 9.11. The van der Waals surface area contributed by atoms with E-state index in [0.29, 0.717) is 0 Å². The van der Waals surface area contributed by atoms with E-state index in [4.69, 9.17) is 25.4 Å². The topological polar surface area (TPSA) is 178 Å². The van der Waals surface area contributed by atoms with Crippen LogP contribution in [0.25, 0.3) is 5.69 Å². The minimum absolute atomic E-state index is 0.0100. The van der Waals surface area contributed by atoms with Gasteiger partial charge in [0.05, 0.1) is 18.4 Å². The van der Waals surface area contributed by atoms with E-state index >= 15 is 4.39 Å². The largest absolute Gasteiger partial charge is 0.493 e. The number of nitrogens with zero attached hydrogens (tertiary/aromatic N) is 2. The summed E-state index contributed by atoms with van der Waals surface area (Å²) in [6.07, 6.45) is 0. The maximum absolute atomic E-state index is 15.9. The summed E-state index contributed by atoms with van der Waals surface area (Å²) < 4.78 is 47.8. The van der Waals surface area contributed by atoms with E-state index in [0.717, 1.165) is 22.1 Å². The number of carboxylic acids is 1. The molecular weight excluding hydrogens is 538 g/mol. The van der Waals surface area contributed by atoms with E-state index < -0.39 is 35.2 Å². The number of hydrogen-bond donors (Lipinski definition) is 5. The number of halogens is 2. The Hall–Kier alpha value is -4.92. The number of aromatic carboxylic acids is 1. The van der Waals surface area contributed by atoms with Gasteiger partial charge in [-0.1, -0.05) is 0 Å². The van der Waals surface area contributed by atoms with Crippen LogP contribution in [0.5, 0.6) is 17.2 Å².